The van der Waals surface area contributed by atoms with E-state index in [2.05, 4.69) is 4.98 Å². The molecule has 0 aliphatic carbocycles. The summed E-state index contributed by atoms with van der Waals surface area (Å²) in [6.45, 7) is 2.79. The summed E-state index contributed by atoms with van der Waals surface area (Å²) in [4.78, 5) is 42.6. The van der Waals surface area contributed by atoms with Crippen LogP contribution < -0.4 is 21.9 Å². The lowest BCUT2D eigenvalue weighted by Crippen LogP contribution is -2.40. The summed E-state index contributed by atoms with van der Waals surface area (Å²) in [5.41, 5.74) is 11.3. The van der Waals surface area contributed by atoms with E-state index in [1.165, 1.54) is 10.5 Å². The number of amides is 2. The summed E-state index contributed by atoms with van der Waals surface area (Å²) in [7, 11) is 0. The van der Waals surface area contributed by atoms with Gasteiger partial charge < -0.3 is 16.4 Å². The summed E-state index contributed by atoms with van der Waals surface area (Å²) in [6.07, 6.45) is 3.83. The number of hydrogen-bond acceptors (Lipinski definition) is 6. The standard InChI is InChI=1S/C19H20N6O3/c1-11-3-2-6-25-17(11)23-18(24-7-4-12(5-8-24)15(21)26)14(19(25)28)9-13(10-20)16(22)27/h2-3,6,9,12H,4-5,7-8H2,1H3,(H2,21,26)(H2,22,27). The maximum Gasteiger partial charge on any atom is 0.267 e. The monoisotopic (exact) mass is 380 g/mol. The fraction of sp³-hybridized carbons (Fsp3) is 0.316. The highest BCUT2D eigenvalue weighted by Gasteiger charge is 2.27. The summed E-state index contributed by atoms with van der Waals surface area (Å²) in [5, 5.41) is 9.19. The normalized spacial score (nSPS) is 15.4. The molecule has 1 aliphatic heterocycles. The van der Waals surface area contributed by atoms with Gasteiger partial charge in [0.1, 0.15) is 23.1 Å². The van der Waals surface area contributed by atoms with Crippen LogP contribution in [-0.4, -0.2) is 34.3 Å². The second-order valence-corrected chi connectivity index (χ2v) is 6.74. The average molecular weight is 380 g/mol. The second-order valence-electron chi connectivity index (χ2n) is 6.74. The number of nitrogens with zero attached hydrogens (tertiary/aromatic N) is 4. The number of aromatic nitrogens is 2. The molecular formula is C19H20N6O3. The Morgan fingerprint density at radius 2 is 2.00 bits per heavy atom. The van der Waals surface area contributed by atoms with Gasteiger partial charge in [-0.2, -0.15) is 5.26 Å². The minimum atomic E-state index is -0.922. The van der Waals surface area contributed by atoms with Gasteiger partial charge in [-0.1, -0.05) is 6.07 Å². The highest BCUT2D eigenvalue weighted by molar-refractivity contribution is 6.01. The van der Waals surface area contributed by atoms with Crippen molar-refractivity contribution in [1.29, 1.82) is 5.26 Å². The van der Waals surface area contributed by atoms with E-state index in [0.29, 0.717) is 37.4 Å². The fourth-order valence-electron chi connectivity index (χ4n) is 3.35. The van der Waals surface area contributed by atoms with E-state index in [-0.39, 0.29) is 23.0 Å². The zero-order valence-corrected chi connectivity index (χ0v) is 15.4. The molecule has 2 amide bonds. The number of nitrogens with two attached hydrogens (primary N) is 2. The zero-order chi connectivity index (χ0) is 20.4. The Bertz CT molecular complexity index is 1090. The van der Waals surface area contributed by atoms with Gasteiger partial charge in [-0.25, -0.2) is 4.98 Å². The summed E-state index contributed by atoms with van der Waals surface area (Å²) in [5.74, 6) is -1.13. The van der Waals surface area contributed by atoms with Crippen molar-refractivity contribution in [3.05, 3.63) is 45.4 Å². The number of anilines is 1. The van der Waals surface area contributed by atoms with Gasteiger partial charge in [0.25, 0.3) is 11.5 Å². The first-order chi connectivity index (χ1) is 13.3. The molecule has 0 spiro atoms. The molecule has 1 saturated heterocycles. The largest absolute Gasteiger partial charge is 0.369 e. The summed E-state index contributed by atoms with van der Waals surface area (Å²) >= 11 is 0. The Balaban J connectivity index is 2.20. The third-order valence-corrected chi connectivity index (χ3v) is 4.94. The van der Waals surface area contributed by atoms with Crippen LogP contribution in [0.4, 0.5) is 5.82 Å². The minimum Gasteiger partial charge on any atom is -0.369 e. The molecule has 2 aromatic heterocycles. The number of aryl methyl sites for hydroxylation is 1. The number of pyridine rings is 1. The van der Waals surface area contributed by atoms with Crippen molar-refractivity contribution in [3.63, 3.8) is 0 Å². The van der Waals surface area contributed by atoms with Crippen molar-refractivity contribution >= 4 is 29.4 Å². The minimum absolute atomic E-state index is 0.107. The first-order valence-corrected chi connectivity index (χ1v) is 8.81. The van der Waals surface area contributed by atoms with Crippen LogP contribution in [0, 0.1) is 24.2 Å². The lowest BCUT2D eigenvalue weighted by atomic mass is 9.96. The molecular weight excluding hydrogens is 360 g/mol. The number of hydrogen-bond donors (Lipinski definition) is 2. The molecule has 144 valence electrons. The Morgan fingerprint density at radius 3 is 2.57 bits per heavy atom. The molecule has 0 radical (unpaired) electrons. The molecule has 9 nitrogen and oxygen atoms in total. The average Bonchev–Trinajstić information content (AvgIpc) is 2.67. The van der Waals surface area contributed by atoms with Gasteiger partial charge in [-0.05, 0) is 37.5 Å². The number of carbonyl (C=O) groups is 2. The van der Waals surface area contributed by atoms with Gasteiger partial charge in [0.2, 0.25) is 5.91 Å². The number of rotatable bonds is 4. The first kappa shape index (κ1) is 19.1. The van der Waals surface area contributed by atoms with E-state index in [0.717, 1.165) is 5.56 Å². The third kappa shape index (κ3) is 3.44. The topological polar surface area (TPSA) is 148 Å². The molecule has 0 bridgehead atoms. The Labute approximate surface area is 160 Å². The number of carbonyl (C=O) groups excluding carboxylic acids is 2. The van der Waals surface area contributed by atoms with E-state index >= 15 is 0 Å². The molecule has 3 heterocycles. The number of primary amides is 2. The van der Waals surface area contributed by atoms with E-state index in [4.69, 9.17) is 11.5 Å². The van der Waals surface area contributed by atoms with Crippen LogP contribution >= 0.6 is 0 Å². The van der Waals surface area contributed by atoms with Gasteiger partial charge >= 0.3 is 0 Å². The molecule has 0 aromatic carbocycles. The molecule has 0 unspecified atom stereocenters. The molecule has 1 fully saturated rings. The van der Waals surface area contributed by atoms with E-state index < -0.39 is 11.5 Å². The van der Waals surface area contributed by atoms with Crippen molar-refractivity contribution in [2.24, 2.45) is 17.4 Å². The molecule has 2 aromatic rings. The number of fused-ring (bicyclic) bond motifs is 1. The molecule has 3 rings (SSSR count). The molecule has 0 atom stereocenters. The number of piperidine rings is 1. The van der Waals surface area contributed by atoms with Crippen LogP contribution in [0.1, 0.15) is 24.0 Å². The van der Waals surface area contributed by atoms with Gasteiger partial charge in [0.15, 0.2) is 0 Å². The molecule has 28 heavy (non-hydrogen) atoms. The van der Waals surface area contributed by atoms with Gasteiger partial charge in [-0.3, -0.25) is 18.8 Å². The first-order valence-electron chi connectivity index (χ1n) is 8.81. The van der Waals surface area contributed by atoms with E-state index in [9.17, 15) is 19.6 Å². The SMILES string of the molecule is Cc1cccn2c(=O)c(C=C(C#N)C(N)=O)c(N3CCC(C(N)=O)CC3)nc12. The smallest absolute Gasteiger partial charge is 0.267 e. The quantitative estimate of drug-likeness (QED) is 0.568. The Kier molecular flexibility index (Phi) is 5.13. The van der Waals surface area contributed by atoms with Crippen LogP contribution in [0.25, 0.3) is 11.7 Å². The van der Waals surface area contributed by atoms with Crippen LogP contribution in [0.3, 0.4) is 0 Å². The third-order valence-electron chi connectivity index (χ3n) is 4.94. The highest BCUT2D eigenvalue weighted by atomic mass is 16.1. The van der Waals surface area contributed by atoms with Crippen LogP contribution in [0.5, 0.6) is 0 Å². The maximum absolute atomic E-state index is 13.1. The number of nitriles is 1. The summed E-state index contributed by atoms with van der Waals surface area (Å²) < 4.78 is 1.37. The predicted molar refractivity (Wildman–Crippen MR) is 103 cm³/mol. The maximum atomic E-state index is 13.1. The van der Waals surface area contributed by atoms with Crippen molar-refractivity contribution < 1.29 is 9.59 Å². The molecule has 9 heteroatoms. The van der Waals surface area contributed by atoms with Crippen LogP contribution in [-0.2, 0) is 9.59 Å². The van der Waals surface area contributed by atoms with Crippen LogP contribution in [0.15, 0.2) is 28.7 Å². The van der Waals surface area contributed by atoms with E-state index in [1.54, 1.807) is 18.3 Å². The van der Waals surface area contributed by atoms with Crippen molar-refractivity contribution in [1.82, 2.24) is 9.38 Å². The Morgan fingerprint density at radius 1 is 1.32 bits per heavy atom. The van der Waals surface area contributed by atoms with Crippen molar-refractivity contribution in [2.45, 2.75) is 19.8 Å². The fourth-order valence-corrected chi connectivity index (χ4v) is 3.35. The van der Waals surface area contributed by atoms with Gasteiger partial charge in [0, 0.05) is 25.2 Å². The molecule has 4 N–H and O–H groups in total. The molecule has 0 saturated carbocycles. The van der Waals surface area contributed by atoms with E-state index in [1.807, 2.05) is 17.9 Å². The van der Waals surface area contributed by atoms with Crippen molar-refractivity contribution in [2.75, 3.05) is 18.0 Å². The Hall–Kier alpha value is -3.67. The van der Waals surface area contributed by atoms with Crippen molar-refractivity contribution in [3.8, 4) is 6.07 Å². The predicted octanol–water partition coefficient (Wildman–Crippen LogP) is 0.0969. The summed E-state index contributed by atoms with van der Waals surface area (Å²) in [6, 6.07) is 5.28. The second kappa shape index (κ2) is 7.52. The highest BCUT2D eigenvalue weighted by Crippen LogP contribution is 2.25. The van der Waals surface area contributed by atoms with Gasteiger partial charge in [-0.15, -0.1) is 0 Å². The lowest BCUT2D eigenvalue weighted by Gasteiger charge is -2.32. The van der Waals surface area contributed by atoms with Crippen LogP contribution in [0.2, 0.25) is 0 Å². The lowest BCUT2D eigenvalue weighted by molar-refractivity contribution is -0.122. The molecule has 1 aliphatic rings. The zero-order valence-electron chi connectivity index (χ0n) is 15.4. The van der Waals surface area contributed by atoms with Gasteiger partial charge in [0.05, 0.1) is 5.56 Å².